The molecule has 6 nitrogen and oxygen atoms in total. The van der Waals surface area contributed by atoms with E-state index in [2.05, 4.69) is 32.0 Å². The van der Waals surface area contributed by atoms with Crippen molar-refractivity contribution >= 4 is 17.7 Å². The SMILES string of the molecule is CCCNC(=O)C(C)Sc1nnc(-c2ccncc2)n1CCC. The van der Waals surface area contributed by atoms with Gasteiger partial charge >= 0.3 is 0 Å². The molecule has 0 aliphatic heterocycles. The van der Waals surface area contributed by atoms with Crippen LogP contribution in [0.4, 0.5) is 0 Å². The quantitative estimate of drug-likeness (QED) is 0.752. The molecule has 0 saturated heterocycles. The first kappa shape index (κ1) is 17.5. The summed E-state index contributed by atoms with van der Waals surface area (Å²) in [5, 5.41) is 12.1. The van der Waals surface area contributed by atoms with E-state index in [0.29, 0.717) is 6.54 Å². The lowest BCUT2D eigenvalue weighted by Gasteiger charge is -2.13. The normalized spacial score (nSPS) is 12.1. The van der Waals surface area contributed by atoms with E-state index >= 15 is 0 Å². The van der Waals surface area contributed by atoms with Crippen LogP contribution in [0.25, 0.3) is 11.4 Å². The van der Waals surface area contributed by atoms with Crippen LogP contribution >= 0.6 is 11.8 Å². The van der Waals surface area contributed by atoms with Crippen molar-refractivity contribution in [2.45, 2.75) is 50.6 Å². The summed E-state index contributed by atoms with van der Waals surface area (Å²) in [5.41, 5.74) is 0.982. The number of thioether (sulfide) groups is 1. The van der Waals surface area contributed by atoms with Gasteiger partial charge in [-0.25, -0.2) is 0 Å². The van der Waals surface area contributed by atoms with Gasteiger partial charge in [0.1, 0.15) is 0 Å². The lowest BCUT2D eigenvalue weighted by molar-refractivity contribution is -0.120. The van der Waals surface area contributed by atoms with Gasteiger partial charge in [0.25, 0.3) is 0 Å². The molecule has 7 heteroatoms. The molecule has 1 atom stereocenters. The number of aromatic nitrogens is 4. The molecule has 0 saturated carbocycles. The number of nitrogens with zero attached hydrogens (tertiary/aromatic N) is 4. The Hall–Kier alpha value is -1.89. The van der Waals surface area contributed by atoms with Gasteiger partial charge in [0.2, 0.25) is 5.91 Å². The third kappa shape index (κ3) is 4.54. The highest BCUT2D eigenvalue weighted by Crippen LogP contribution is 2.26. The van der Waals surface area contributed by atoms with Crippen LogP contribution in [-0.4, -0.2) is 37.5 Å². The molecule has 0 radical (unpaired) electrons. The summed E-state index contributed by atoms with van der Waals surface area (Å²) in [4.78, 5) is 16.1. The number of hydrogen-bond donors (Lipinski definition) is 1. The monoisotopic (exact) mass is 333 g/mol. The lowest BCUT2D eigenvalue weighted by Crippen LogP contribution is -2.31. The van der Waals surface area contributed by atoms with E-state index in [9.17, 15) is 4.79 Å². The molecule has 0 bridgehead atoms. The van der Waals surface area contributed by atoms with Crippen LogP contribution in [-0.2, 0) is 11.3 Å². The third-order valence-corrected chi connectivity index (χ3v) is 4.38. The minimum atomic E-state index is -0.202. The van der Waals surface area contributed by atoms with Crippen LogP contribution in [0.1, 0.15) is 33.6 Å². The molecule has 1 unspecified atom stereocenters. The van der Waals surface area contributed by atoms with E-state index in [1.165, 1.54) is 11.8 Å². The molecule has 0 aliphatic rings. The van der Waals surface area contributed by atoms with Gasteiger partial charge in [-0.05, 0) is 31.9 Å². The predicted molar refractivity (Wildman–Crippen MR) is 92.2 cm³/mol. The number of carbonyl (C=O) groups is 1. The van der Waals surface area contributed by atoms with Crippen molar-refractivity contribution in [3.05, 3.63) is 24.5 Å². The van der Waals surface area contributed by atoms with Gasteiger partial charge in [-0.3, -0.25) is 9.78 Å². The van der Waals surface area contributed by atoms with Crippen molar-refractivity contribution in [2.75, 3.05) is 6.54 Å². The summed E-state index contributed by atoms with van der Waals surface area (Å²) >= 11 is 1.45. The zero-order valence-electron chi connectivity index (χ0n) is 13.8. The van der Waals surface area contributed by atoms with Crippen molar-refractivity contribution in [3.8, 4) is 11.4 Å². The van der Waals surface area contributed by atoms with Crippen molar-refractivity contribution in [1.82, 2.24) is 25.1 Å². The van der Waals surface area contributed by atoms with Crippen molar-refractivity contribution < 1.29 is 4.79 Å². The zero-order chi connectivity index (χ0) is 16.7. The van der Waals surface area contributed by atoms with E-state index < -0.39 is 0 Å². The van der Waals surface area contributed by atoms with E-state index in [4.69, 9.17) is 0 Å². The summed E-state index contributed by atoms with van der Waals surface area (Å²) in [6.07, 6.45) is 5.39. The molecule has 2 aromatic rings. The second-order valence-corrected chi connectivity index (χ2v) is 6.55. The average molecular weight is 333 g/mol. The Bertz CT molecular complexity index is 629. The van der Waals surface area contributed by atoms with Crippen LogP contribution in [0.5, 0.6) is 0 Å². The first-order valence-electron chi connectivity index (χ1n) is 7.95. The Labute approximate surface area is 141 Å². The van der Waals surface area contributed by atoms with E-state index in [1.807, 2.05) is 26.0 Å². The zero-order valence-corrected chi connectivity index (χ0v) is 14.6. The first-order chi connectivity index (χ1) is 11.2. The first-order valence-corrected chi connectivity index (χ1v) is 8.83. The highest BCUT2D eigenvalue weighted by atomic mass is 32.2. The maximum atomic E-state index is 12.1. The number of pyridine rings is 1. The number of hydrogen-bond acceptors (Lipinski definition) is 5. The van der Waals surface area contributed by atoms with Crippen LogP contribution in [0, 0.1) is 0 Å². The molecule has 23 heavy (non-hydrogen) atoms. The van der Waals surface area contributed by atoms with Gasteiger partial charge in [0, 0.05) is 31.0 Å². The highest BCUT2D eigenvalue weighted by molar-refractivity contribution is 8.00. The Kier molecular flexibility index (Phi) is 6.58. The van der Waals surface area contributed by atoms with Crippen LogP contribution in [0.2, 0.25) is 0 Å². The molecule has 0 fully saturated rings. The fraction of sp³-hybridized carbons (Fsp3) is 0.500. The Morgan fingerprint density at radius 2 is 2.00 bits per heavy atom. The second-order valence-electron chi connectivity index (χ2n) is 5.24. The predicted octanol–water partition coefficient (Wildman–Crippen LogP) is 2.76. The summed E-state index contributed by atoms with van der Waals surface area (Å²) < 4.78 is 2.07. The molecular formula is C16H23N5OS. The Balaban J connectivity index is 2.19. The average Bonchev–Trinajstić information content (AvgIpc) is 2.96. The number of carbonyl (C=O) groups excluding carboxylic acids is 1. The smallest absolute Gasteiger partial charge is 0.233 e. The molecule has 124 valence electrons. The fourth-order valence-corrected chi connectivity index (χ4v) is 3.02. The molecule has 2 rings (SSSR count). The standard InChI is InChI=1S/C16H23N5OS/c1-4-8-18-15(22)12(3)23-16-20-19-14(21(16)11-5-2)13-6-9-17-10-7-13/h6-7,9-10,12H,4-5,8,11H2,1-3H3,(H,18,22). The van der Waals surface area contributed by atoms with Gasteiger partial charge < -0.3 is 9.88 Å². The number of nitrogens with one attached hydrogen (secondary N) is 1. The van der Waals surface area contributed by atoms with Gasteiger partial charge in [-0.2, -0.15) is 0 Å². The molecule has 0 aromatic carbocycles. The minimum Gasteiger partial charge on any atom is -0.355 e. The van der Waals surface area contributed by atoms with Crippen molar-refractivity contribution in [3.63, 3.8) is 0 Å². The maximum Gasteiger partial charge on any atom is 0.233 e. The van der Waals surface area contributed by atoms with Crippen LogP contribution in [0.3, 0.4) is 0 Å². The second kappa shape index (κ2) is 8.67. The molecule has 1 N–H and O–H groups in total. The minimum absolute atomic E-state index is 0.0355. The molecular weight excluding hydrogens is 310 g/mol. The van der Waals surface area contributed by atoms with Gasteiger partial charge in [0.15, 0.2) is 11.0 Å². The highest BCUT2D eigenvalue weighted by Gasteiger charge is 2.20. The van der Waals surface area contributed by atoms with E-state index in [1.54, 1.807) is 12.4 Å². The van der Waals surface area contributed by atoms with Crippen LogP contribution in [0.15, 0.2) is 29.7 Å². The molecule has 1 amide bonds. The Morgan fingerprint density at radius 1 is 1.26 bits per heavy atom. The maximum absolute atomic E-state index is 12.1. The topological polar surface area (TPSA) is 72.7 Å². The summed E-state index contributed by atoms with van der Waals surface area (Å²) in [6.45, 7) is 7.57. The van der Waals surface area contributed by atoms with E-state index in [0.717, 1.165) is 35.9 Å². The summed E-state index contributed by atoms with van der Waals surface area (Å²) in [7, 11) is 0. The molecule has 2 aromatic heterocycles. The molecule has 0 aliphatic carbocycles. The fourth-order valence-electron chi connectivity index (χ4n) is 2.12. The third-order valence-electron chi connectivity index (χ3n) is 3.30. The molecule has 0 spiro atoms. The van der Waals surface area contributed by atoms with Crippen LogP contribution < -0.4 is 5.32 Å². The summed E-state index contributed by atoms with van der Waals surface area (Å²) in [5.74, 6) is 0.853. The summed E-state index contributed by atoms with van der Waals surface area (Å²) in [6, 6.07) is 3.84. The van der Waals surface area contributed by atoms with E-state index in [-0.39, 0.29) is 11.2 Å². The largest absolute Gasteiger partial charge is 0.355 e. The lowest BCUT2D eigenvalue weighted by atomic mass is 10.2. The molecule has 2 heterocycles. The van der Waals surface area contributed by atoms with Gasteiger partial charge in [0.05, 0.1) is 5.25 Å². The Morgan fingerprint density at radius 3 is 2.65 bits per heavy atom. The van der Waals surface area contributed by atoms with Crippen molar-refractivity contribution in [1.29, 1.82) is 0 Å². The number of amides is 1. The van der Waals surface area contributed by atoms with Crippen molar-refractivity contribution in [2.24, 2.45) is 0 Å². The number of rotatable bonds is 8. The van der Waals surface area contributed by atoms with Gasteiger partial charge in [-0.1, -0.05) is 25.6 Å². The van der Waals surface area contributed by atoms with Gasteiger partial charge in [-0.15, -0.1) is 10.2 Å².